The lowest BCUT2D eigenvalue weighted by Gasteiger charge is -2.43. The van der Waals surface area contributed by atoms with Gasteiger partial charge in [0.2, 0.25) is 0 Å². The monoisotopic (exact) mass is 413 g/mol. The summed E-state index contributed by atoms with van der Waals surface area (Å²) in [6.45, 7) is 4.91. The van der Waals surface area contributed by atoms with E-state index in [1.165, 1.54) is 0 Å². The van der Waals surface area contributed by atoms with Crippen LogP contribution in [0.2, 0.25) is 0 Å². The lowest BCUT2D eigenvalue weighted by atomic mass is 9.91. The highest BCUT2D eigenvalue weighted by atomic mass is 16.5. The Labute approximate surface area is 180 Å². The molecule has 0 aliphatic carbocycles. The van der Waals surface area contributed by atoms with Crippen molar-refractivity contribution in [2.45, 2.75) is 32.4 Å². The molecule has 1 aliphatic heterocycles. The summed E-state index contributed by atoms with van der Waals surface area (Å²) in [5.74, 6) is 0.871. The number of nitriles is 2. The van der Waals surface area contributed by atoms with Crippen molar-refractivity contribution in [3.05, 3.63) is 64.1 Å². The van der Waals surface area contributed by atoms with E-state index in [4.69, 9.17) is 10.00 Å². The molecule has 0 spiro atoms. The number of fused-ring (bicyclic) bond motifs is 1. The molecule has 0 unspecified atom stereocenters. The van der Waals surface area contributed by atoms with E-state index >= 15 is 0 Å². The van der Waals surface area contributed by atoms with Crippen LogP contribution in [0.15, 0.2) is 47.3 Å². The number of hydrogen-bond acceptors (Lipinski definition) is 6. The van der Waals surface area contributed by atoms with E-state index in [9.17, 15) is 10.1 Å². The molecule has 1 aliphatic rings. The normalized spacial score (nSPS) is 20.8. The average molecular weight is 413 g/mol. The van der Waals surface area contributed by atoms with Crippen LogP contribution in [0, 0.1) is 28.6 Å². The van der Waals surface area contributed by atoms with E-state index in [-0.39, 0.29) is 23.6 Å². The second kappa shape index (κ2) is 8.12. The molecule has 3 heterocycles. The third-order valence-corrected chi connectivity index (χ3v) is 5.97. The van der Waals surface area contributed by atoms with Crippen molar-refractivity contribution in [3.63, 3.8) is 0 Å². The van der Waals surface area contributed by atoms with Crippen LogP contribution in [-0.2, 0) is 7.05 Å². The molecule has 3 atom stereocenters. The van der Waals surface area contributed by atoms with Gasteiger partial charge in [-0.15, -0.1) is 0 Å². The summed E-state index contributed by atoms with van der Waals surface area (Å²) < 4.78 is 7.78. The zero-order valence-electron chi connectivity index (χ0n) is 17.7. The molecule has 1 fully saturated rings. The molecule has 7 nitrogen and oxygen atoms in total. The Bertz CT molecular complexity index is 1280. The molecule has 0 radical (unpaired) electrons. The van der Waals surface area contributed by atoms with E-state index in [0.29, 0.717) is 34.6 Å². The minimum atomic E-state index is -0.111. The van der Waals surface area contributed by atoms with Gasteiger partial charge < -0.3 is 14.2 Å². The fraction of sp³-hybridized carbons (Fsp3) is 0.333. The van der Waals surface area contributed by atoms with Gasteiger partial charge in [0.25, 0.3) is 5.56 Å². The maximum Gasteiger partial charge on any atom is 0.252 e. The first kappa shape index (κ1) is 20.4. The first-order chi connectivity index (χ1) is 14.9. The lowest BCUT2D eigenvalue weighted by Crippen LogP contribution is -2.50. The van der Waals surface area contributed by atoms with Crippen LogP contribution in [0.4, 0.5) is 5.69 Å². The predicted molar refractivity (Wildman–Crippen MR) is 118 cm³/mol. The average Bonchev–Trinajstić information content (AvgIpc) is 2.78. The molecular formula is C24H23N5O2. The second-order valence-corrected chi connectivity index (χ2v) is 8.11. The molecule has 7 heteroatoms. The fourth-order valence-electron chi connectivity index (χ4n) is 4.21. The van der Waals surface area contributed by atoms with Gasteiger partial charge in [-0.3, -0.25) is 4.79 Å². The van der Waals surface area contributed by atoms with E-state index in [2.05, 4.69) is 35.9 Å². The molecule has 0 amide bonds. The van der Waals surface area contributed by atoms with Gasteiger partial charge in [0, 0.05) is 38.0 Å². The number of benzene rings is 1. The van der Waals surface area contributed by atoms with Crippen molar-refractivity contribution in [1.29, 1.82) is 10.5 Å². The Morgan fingerprint density at radius 2 is 1.94 bits per heavy atom. The van der Waals surface area contributed by atoms with Crippen LogP contribution in [0.1, 0.15) is 31.5 Å². The zero-order chi connectivity index (χ0) is 22.1. The Kier molecular flexibility index (Phi) is 5.35. The smallest absolute Gasteiger partial charge is 0.252 e. The van der Waals surface area contributed by atoms with E-state index in [1.807, 2.05) is 12.1 Å². The van der Waals surface area contributed by atoms with Crippen LogP contribution in [0.3, 0.4) is 0 Å². The van der Waals surface area contributed by atoms with Crippen molar-refractivity contribution in [1.82, 2.24) is 9.55 Å². The fourth-order valence-corrected chi connectivity index (χ4v) is 4.21. The molecular weight excluding hydrogens is 390 g/mol. The van der Waals surface area contributed by atoms with Gasteiger partial charge in [-0.2, -0.15) is 10.5 Å². The number of ether oxygens (including phenoxy) is 1. The van der Waals surface area contributed by atoms with Gasteiger partial charge >= 0.3 is 0 Å². The molecule has 31 heavy (non-hydrogen) atoms. The molecule has 156 valence electrons. The minimum Gasteiger partial charge on any atom is -0.490 e. The minimum absolute atomic E-state index is 0.0133. The number of aryl methyl sites for hydroxylation is 1. The summed E-state index contributed by atoms with van der Waals surface area (Å²) >= 11 is 0. The standard InChI is InChI=1S/C24H23N5O2/c1-15-14-29(16(2)9-22(15)31-19-6-4-5-17(10-19)12-25)21-11-23(30)28(3)20-8-7-18(13-26)27-24(20)21/h4-8,10-11,15-16,22H,9,14H2,1-3H3/t15-,16-,22+/m0/s1. The van der Waals surface area contributed by atoms with Crippen molar-refractivity contribution >= 4 is 16.7 Å². The number of pyridine rings is 2. The molecule has 0 N–H and O–H groups in total. The second-order valence-electron chi connectivity index (χ2n) is 8.11. The number of rotatable bonds is 3. The molecule has 4 rings (SSSR count). The molecule has 2 aromatic heterocycles. The van der Waals surface area contributed by atoms with Crippen LogP contribution in [0.25, 0.3) is 11.0 Å². The van der Waals surface area contributed by atoms with Crippen LogP contribution < -0.4 is 15.2 Å². The predicted octanol–water partition coefficient (Wildman–Crippen LogP) is 3.36. The molecule has 1 saturated heterocycles. The summed E-state index contributed by atoms with van der Waals surface area (Å²) in [7, 11) is 1.71. The van der Waals surface area contributed by atoms with Crippen molar-refractivity contribution < 1.29 is 4.74 Å². The maximum absolute atomic E-state index is 12.6. The molecule has 0 bridgehead atoms. The number of aromatic nitrogens is 2. The summed E-state index contributed by atoms with van der Waals surface area (Å²) in [6.07, 6.45) is 0.743. The third kappa shape index (κ3) is 3.83. The quantitative estimate of drug-likeness (QED) is 0.653. The molecule has 3 aromatic rings. The number of piperidine rings is 1. The van der Waals surface area contributed by atoms with Crippen LogP contribution in [0.5, 0.6) is 5.75 Å². The third-order valence-electron chi connectivity index (χ3n) is 5.97. The molecule has 1 aromatic carbocycles. The van der Waals surface area contributed by atoms with Gasteiger partial charge in [-0.1, -0.05) is 13.0 Å². The Morgan fingerprint density at radius 1 is 1.13 bits per heavy atom. The Morgan fingerprint density at radius 3 is 2.68 bits per heavy atom. The van der Waals surface area contributed by atoms with Crippen LogP contribution in [-0.4, -0.2) is 28.2 Å². The van der Waals surface area contributed by atoms with Crippen molar-refractivity contribution in [3.8, 4) is 17.9 Å². The highest BCUT2D eigenvalue weighted by Gasteiger charge is 2.34. The summed E-state index contributed by atoms with van der Waals surface area (Å²) in [5.41, 5.74) is 2.89. The Hall–Kier alpha value is -3.84. The lowest BCUT2D eigenvalue weighted by molar-refractivity contribution is 0.107. The largest absolute Gasteiger partial charge is 0.490 e. The summed E-state index contributed by atoms with van der Waals surface area (Å²) in [5, 5.41) is 18.4. The van der Waals surface area contributed by atoms with E-state index in [0.717, 1.165) is 12.1 Å². The van der Waals surface area contributed by atoms with E-state index < -0.39 is 0 Å². The van der Waals surface area contributed by atoms with Gasteiger partial charge in [0.15, 0.2) is 0 Å². The topological polar surface area (TPSA) is 94.9 Å². The summed E-state index contributed by atoms with van der Waals surface area (Å²) in [6, 6.07) is 16.5. The maximum atomic E-state index is 12.6. The number of anilines is 1. The van der Waals surface area contributed by atoms with Crippen molar-refractivity contribution in [2.75, 3.05) is 11.4 Å². The Balaban J connectivity index is 1.66. The highest BCUT2D eigenvalue weighted by Crippen LogP contribution is 2.33. The van der Waals surface area contributed by atoms with Gasteiger partial charge in [-0.25, -0.2) is 4.98 Å². The van der Waals surface area contributed by atoms with Gasteiger partial charge in [0.1, 0.15) is 29.1 Å². The zero-order valence-corrected chi connectivity index (χ0v) is 17.7. The first-order valence-corrected chi connectivity index (χ1v) is 10.3. The SMILES string of the molecule is C[C@H]1CN(c2cc(=O)n(C)c3ccc(C#N)nc23)[C@@H](C)C[C@H]1Oc1cccc(C#N)c1. The number of nitrogens with zero attached hydrogens (tertiary/aromatic N) is 5. The van der Waals surface area contributed by atoms with Gasteiger partial charge in [0.05, 0.1) is 22.8 Å². The highest BCUT2D eigenvalue weighted by molar-refractivity contribution is 5.88. The number of hydrogen-bond donors (Lipinski definition) is 0. The van der Waals surface area contributed by atoms with Crippen LogP contribution >= 0.6 is 0 Å². The molecule has 0 saturated carbocycles. The summed E-state index contributed by atoms with van der Waals surface area (Å²) in [4.78, 5) is 19.3. The first-order valence-electron chi connectivity index (χ1n) is 10.3. The van der Waals surface area contributed by atoms with Gasteiger partial charge in [-0.05, 0) is 37.3 Å². The van der Waals surface area contributed by atoms with Crippen molar-refractivity contribution in [2.24, 2.45) is 13.0 Å². The van der Waals surface area contributed by atoms with E-state index in [1.54, 1.807) is 41.9 Å².